The van der Waals surface area contributed by atoms with E-state index in [2.05, 4.69) is 55.3 Å². The van der Waals surface area contributed by atoms with E-state index < -0.39 is 0 Å². The first kappa shape index (κ1) is 15.2. The van der Waals surface area contributed by atoms with Crippen molar-refractivity contribution in [2.24, 2.45) is 5.92 Å². The van der Waals surface area contributed by atoms with Gasteiger partial charge in [0.2, 0.25) is 0 Å². The smallest absolute Gasteiger partial charge is 0.0367 e. The van der Waals surface area contributed by atoms with Crippen LogP contribution in [0.4, 0.5) is 11.4 Å². The Bertz CT molecular complexity index is 381. The molecular weight excluding hydrogens is 244 g/mol. The summed E-state index contributed by atoms with van der Waals surface area (Å²) in [5.41, 5.74) is 2.61. The standard InChI is InChI=1S/C18H30N2/c1-4-15-9-7-8-10-18(15)19-16-11-13-17(14-12-16)20(5-2)6-3/h11-15,18-19H,4-10H2,1-3H3. The number of rotatable bonds is 6. The highest BCUT2D eigenvalue weighted by Gasteiger charge is 2.23. The van der Waals surface area contributed by atoms with Crippen LogP contribution in [0.3, 0.4) is 0 Å². The van der Waals surface area contributed by atoms with Crippen molar-refractivity contribution >= 4 is 11.4 Å². The molecule has 1 aliphatic carbocycles. The Morgan fingerprint density at radius 1 is 1.00 bits per heavy atom. The predicted molar refractivity (Wildman–Crippen MR) is 89.7 cm³/mol. The SMILES string of the molecule is CCC1CCCCC1Nc1ccc(N(CC)CC)cc1. The van der Waals surface area contributed by atoms with E-state index in [0.717, 1.165) is 19.0 Å². The number of nitrogens with one attached hydrogen (secondary N) is 1. The van der Waals surface area contributed by atoms with E-state index in [0.29, 0.717) is 6.04 Å². The van der Waals surface area contributed by atoms with Crippen LogP contribution in [0, 0.1) is 5.92 Å². The predicted octanol–water partition coefficient (Wildman–Crippen LogP) is 4.91. The Hall–Kier alpha value is -1.18. The number of hydrogen-bond acceptors (Lipinski definition) is 2. The van der Waals surface area contributed by atoms with Gasteiger partial charge in [-0.3, -0.25) is 0 Å². The molecule has 1 aromatic rings. The average Bonchev–Trinajstić information content (AvgIpc) is 2.51. The van der Waals surface area contributed by atoms with Gasteiger partial charge in [0.05, 0.1) is 0 Å². The van der Waals surface area contributed by atoms with Crippen molar-refractivity contribution in [1.82, 2.24) is 0 Å². The van der Waals surface area contributed by atoms with Crippen LogP contribution in [0.2, 0.25) is 0 Å². The monoisotopic (exact) mass is 274 g/mol. The third kappa shape index (κ3) is 3.68. The van der Waals surface area contributed by atoms with Gasteiger partial charge in [-0.25, -0.2) is 0 Å². The molecule has 2 heteroatoms. The van der Waals surface area contributed by atoms with Gasteiger partial charge < -0.3 is 10.2 Å². The molecule has 0 aromatic heterocycles. The minimum Gasteiger partial charge on any atom is -0.382 e. The fourth-order valence-electron chi connectivity index (χ4n) is 3.46. The Labute approximate surface area is 124 Å². The van der Waals surface area contributed by atoms with Crippen molar-refractivity contribution in [3.05, 3.63) is 24.3 Å². The molecule has 0 bridgehead atoms. The molecule has 20 heavy (non-hydrogen) atoms. The molecule has 2 unspecified atom stereocenters. The zero-order chi connectivity index (χ0) is 14.4. The first-order valence-corrected chi connectivity index (χ1v) is 8.40. The molecule has 0 heterocycles. The maximum absolute atomic E-state index is 3.77. The second-order valence-corrected chi connectivity index (χ2v) is 5.92. The van der Waals surface area contributed by atoms with E-state index in [1.54, 1.807) is 0 Å². The summed E-state index contributed by atoms with van der Waals surface area (Å²) < 4.78 is 0. The highest BCUT2D eigenvalue weighted by molar-refractivity contribution is 5.55. The summed E-state index contributed by atoms with van der Waals surface area (Å²) in [7, 11) is 0. The van der Waals surface area contributed by atoms with Crippen molar-refractivity contribution in [3.63, 3.8) is 0 Å². The molecule has 1 N–H and O–H groups in total. The normalized spacial score (nSPS) is 22.6. The summed E-state index contributed by atoms with van der Waals surface area (Å²) in [6.07, 6.45) is 6.82. The summed E-state index contributed by atoms with van der Waals surface area (Å²) in [6.45, 7) is 8.90. The quantitative estimate of drug-likeness (QED) is 0.792. The van der Waals surface area contributed by atoms with Gasteiger partial charge in [-0.05, 0) is 56.9 Å². The third-order valence-corrected chi connectivity index (χ3v) is 4.78. The van der Waals surface area contributed by atoms with Crippen LogP contribution in [0.1, 0.15) is 52.9 Å². The molecule has 1 fully saturated rings. The Morgan fingerprint density at radius 2 is 1.65 bits per heavy atom. The molecule has 0 radical (unpaired) electrons. The van der Waals surface area contributed by atoms with Crippen molar-refractivity contribution in [1.29, 1.82) is 0 Å². The molecule has 2 atom stereocenters. The van der Waals surface area contributed by atoms with E-state index in [9.17, 15) is 0 Å². The van der Waals surface area contributed by atoms with E-state index in [1.165, 1.54) is 43.5 Å². The minimum absolute atomic E-state index is 0.674. The molecule has 0 aliphatic heterocycles. The lowest BCUT2D eigenvalue weighted by Gasteiger charge is -2.32. The molecule has 112 valence electrons. The molecule has 0 spiro atoms. The van der Waals surface area contributed by atoms with Crippen molar-refractivity contribution in [2.45, 2.75) is 58.9 Å². The van der Waals surface area contributed by atoms with Gasteiger partial charge in [0, 0.05) is 30.5 Å². The van der Waals surface area contributed by atoms with Gasteiger partial charge in [-0.1, -0.05) is 26.2 Å². The molecular formula is C18H30N2. The van der Waals surface area contributed by atoms with Crippen LogP contribution in [-0.2, 0) is 0 Å². The largest absolute Gasteiger partial charge is 0.382 e. The Kier molecular flexibility index (Phi) is 5.75. The maximum atomic E-state index is 3.77. The number of anilines is 2. The maximum Gasteiger partial charge on any atom is 0.0367 e. The number of hydrogen-bond donors (Lipinski definition) is 1. The van der Waals surface area contributed by atoms with E-state index in [-0.39, 0.29) is 0 Å². The van der Waals surface area contributed by atoms with Gasteiger partial charge >= 0.3 is 0 Å². The number of benzene rings is 1. The zero-order valence-corrected chi connectivity index (χ0v) is 13.4. The van der Waals surface area contributed by atoms with Gasteiger partial charge in [-0.15, -0.1) is 0 Å². The lowest BCUT2D eigenvalue weighted by atomic mass is 9.83. The summed E-state index contributed by atoms with van der Waals surface area (Å²) in [6, 6.07) is 9.66. The van der Waals surface area contributed by atoms with Crippen molar-refractivity contribution < 1.29 is 0 Å². The molecule has 0 saturated heterocycles. The van der Waals surface area contributed by atoms with Crippen LogP contribution >= 0.6 is 0 Å². The van der Waals surface area contributed by atoms with Crippen LogP contribution in [0.15, 0.2) is 24.3 Å². The Balaban J connectivity index is 1.99. The second-order valence-electron chi connectivity index (χ2n) is 5.92. The Morgan fingerprint density at radius 3 is 2.25 bits per heavy atom. The fraction of sp³-hybridized carbons (Fsp3) is 0.667. The van der Waals surface area contributed by atoms with E-state index in [4.69, 9.17) is 0 Å². The molecule has 1 aromatic carbocycles. The lowest BCUT2D eigenvalue weighted by molar-refractivity contribution is 0.317. The van der Waals surface area contributed by atoms with E-state index in [1.807, 2.05) is 0 Å². The summed E-state index contributed by atoms with van der Waals surface area (Å²) >= 11 is 0. The first-order valence-electron chi connectivity index (χ1n) is 8.40. The van der Waals surface area contributed by atoms with Crippen molar-refractivity contribution in [2.75, 3.05) is 23.3 Å². The zero-order valence-electron chi connectivity index (χ0n) is 13.4. The molecule has 2 nitrogen and oxygen atoms in total. The molecule has 0 amide bonds. The average molecular weight is 274 g/mol. The van der Waals surface area contributed by atoms with Crippen LogP contribution in [0.5, 0.6) is 0 Å². The summed E-state index contributed by atoms with van der Waals surface area (Å²) in [4.78, 5) is 2.39. The van der Waals surface area contributed by atoms with Gasteiger partial charge in [-0.2, -0.15) is 0 Å². The minimum atomic E-state index is 0.674. The fourth-order valence-corrected chi connectivity index (χ4v) is 3.46. The second kappa shape index (κ2) is 7.56. The number of nitrogens with zero attached hydrogens (tertiary/aromatic N) is 1. The topological polar surface area (TPSA) is 15.3 Å². The summed E-state index contributed by atoms with van der Waals surface area (Å²) in [5, 5.41) is 3.77. The van der Waals surface area contributed by atoms with Gasteiger partial charge in [0.15, 0.2) is 0 Å². The first-order chi connectivity index (χ1) is 9.78. The third-order valence-electron chi connectivity index (χ3n) is 4.78. The van der Waals surface area contributed by atoms with Crippen LogP contribution in [-0.4, -0.2) is 19.1 Å². The van der Waals surface area contributed by atoms with Crippen LogP contribution < -0.4 is 10.2 Å². The molecule has 1 aliphatic rings. The van der Waals surface area contributed by atoms with Gasteiger partial charge in [0.25, 0.3) is 0 Å². The van der Waals surface area contributed by atoms with Gasteiger partial charge in [0.1, 0.15) is 0 Å². The van der Waals surface area contributed by atoms with Crippen LogP contribution in [0.25, 0.3) is 0 Å². The summed E-state index contributed by atoms with van der Waals surface area (Å²) in [5.74, 6) is 0.853. The van der Waals surface area contributed by atoms with E-state index >= 15 is 0 Å². The molecule has 2 rings (SSSR count). The lowest BCUT2D eigenvalue weighted by Crippen LogP contribution is -2.31. The van der Waals surface area contributed by atoms with Crippen molar-refractivity contribution in [3.8, 4) is 0 Å². The highest BCUT2D eigenvalue weighted by atomic mass is 15.1. The highest BCUT2D eigenvalue weighted by Crippen LogP contribution is 2.29. The molecule has 1 saturated carbocycles.